The van der Waals surface area contributed by atoms with E-state index in [2.05, 4.69) is 20.3 Å². The monoisotopic (exact) mass is 318 g/mol. The average molecular weight is 318 g/mol. The van der Waals surface area contributed by atoms with Crippen molar-refractivity contribution in [3.05, 3.63) is 36.3 Å². The van der Waals surface area contributed by atoms with Crippen LogP contribution < -0.4 is 15.5 Å². The molecule has 3 rings (SSSR count). The summed E-state index contributed by atoms with van der Waals surface area (Å²) in [5, 5.41) is 8.06. The number of nitrogens with zero attached hydrogens (tertiary/aromatic N) is 2. The lowest BCUT2D eigenvalue weighted by atomic mass is 10.2. The predicted octanol–water partition coefficient (Wildman–Crippen LogP) is 1.99. The molecule has 1 aromatic carbocycles. The van der Waals surface area contributed by atoms with Crippen molar-refractivity contribution in [1.82, 2.24) is 5.16 Å². The first-order chi connectivity index (χ1) is 11.1. The van der Waals surface area contributed by atoms with Gasteiger partial charge in [-0.05, 0) is 31.0 Å². The quantitative estimate of drug-likeness (QED) is 0.845. The first-order valence-corrected chi connectivity index (χ1v) is 7.21. The summed E-state index contributed by atoms with van der Waals surface area (Å²) in [6, 6.07) is 5.77. The van der Waals surface area contributed by atoms with Gasteiger partial charge in [0.2, 0.25) is 0 Å². The Kier molecular flexibility index (Phi) is 4.22. The van der Waals surface area contributed by atoms with E-state index in [-0.39, 0.29) is 11.5 Å². The largest absolute Gasteiger partial charge is 0.369 e. The maximum Gasteiger partial charge on any atom is 0.315 e. The molecule has 1 aliphatic heterocycles. The van der Waals surface area contributed by atoms with Crippen LogP contribution in [-0.4, -0.2) is 30.1 Å². The minimum atomic E-state index is -0.915. The van der Waals surface area contributed by atoms with E-state index in [9.17, 15) is 14.0 Å². The highest BCUT2D eigenvalue weighted by atomic mass is 19.1. The first kappa shape index (κ1) is 15.0. The molecule has 1 aromatic heterocycles. The van der Waals surface area contributed by atoms with Gasteiger partial charge >= 0.3 is 11.8 Å². The molecule has 0 radical (unpaired) electrons. The predicted molar refractivity (Wildman–Crippen MR) is 81.6 cm³/mol. The van der Waals surface area contributed by atoms with Gasteiger partial charge in [0, 0.05) is 24.8 Å². The molecule has 2 N–H and O–H groups in total. The zero-order valence-electron chi connectivity index (χ0n) is 12.2. The van der Waals surface area contributed by atoms with E-state index in [0.717, 1.165) is 25.9 Å². The fourth-order valence-electron chi connectivity index (χ4n) is 2.44. The van der Waals surface area contributed by atoms with Crippen LogP contribution in [0, 0.1) is 5.82 Å². The van der Waals surface area contributed by atoms with Crippen molar-refractivity contribution in [3.8, 4) is 0 Å². The molecule has 0 bridgehead atoms. The Hall–Kier alpha value is -2.90. The minimum absolute atomic E-state index is 0.126. The number of anilines is 3. The standard InChI is InChI=1S/C15H15FN4O3/c16-11-9-10(3-4-12(11)20-6-1-2-7-20)17-14(21)15(22)18-13-5-8-23-19-13/h3-5,8-9H,1-2,6-7H2,(H,17,21)(H,18,19,22). The number of benzene rings is 1. The molecule has 2 heterocycles. The summed E-state index contributed by atoms with van der Waals surface area (Å²) in [5.41, 5.74) is 0.721. The number of hydrogen-bond donors (Lipinski definition) is 2. The summed E-state index contributed by atoms with van der Waals surface area (Å²) in [6.07, 6.45) is 3.35. The Bertz CT molecular complexity index is 712. The zero-order chi connectivity index (χ0) is 16.2. The molecular weight excluding hydrogens is 303 g/mol. The summed E-state index contributed by atoms with van der Waals surface area (Å²) in [6.45, 7) is 1.64. The van der Waals surface area contributed by atoms with Crippen molar-refractivity contribution in [3.63, 3.8) is 0 Å². The van der Waals surface area contributed by atoms with E-state index >= 15 is 0 Å². The van der Waals surface area contributed by atoms with Crippen LogP contribution in [0.2, 0.25) is 0 Å². The maximum absolute atomic E-state index is 14.1. The lowest BCUT2D eigenvalue weighted by Gasteiger charge is -2.18. The zero-order valence-corrected chi connectivity index (χ0v) is 12.2. The van der Waals surface area contributed by atoms with Crippen molar-refractivity contribution in [1.29, 1.82) is 0 Å². The van der Waals surface area contributed by atoms with Crippen molar-refractivity contribution in [2.45, 2.75) is 12.8 Å². The van der Waals surface area contributed by atoms with Crippen molar-refractivity contribution >= 4 is 29.0 Å². The van der Waals surface area contributed by atoms with Gasteiger partial charge in [0.15, 0.2) is 5.82 Å². The Labute approximate surface area is 131 Å². The van der Waals surface area contributed by atoms with Gasteiger partial charge in [0.25, 0.3) is 0 Å². The summed E-state index contributed by atoms with van der Waals surface area (Å²) in [4.78, 5) is 25.4. The first-order valence-electron chi connectivity index (χ1n) is 7.21. The van der Waals surface area contributed by atoms with Crippen molar-refractivity contribution in [2.75, 3.05) is 28.6 Å². The number of halogens is 1. The van der Waals surface area contributed by atoms with Crippen molar-refractivity contribution < 1.29 is 18.5 Å². The summed E-state index contributed by atoms with van der Waals surface area (Å²) < 4.78 is 18.7. The van der Waals surface area contributed by atoms with E-state index < -0.39 is 17.6 Å². The second kappa shape index (κ2) is 6.47. The Balaban J connectivity index is 1.64. The SMILES string of the molecule is O=C(Nc1ccc(N2CCCC2)c(F)c1)C(=O)Nc1ccon1. The highest BCUT2D eigenvalue weighted by Crippen LogP contribution is 2.26. The molecule has 120 valence electrons. The lowest BCUT2D eigenvalue weighted by molar-refractivity contribution is -0.133. The van der Waals surface area contributed by atoms with Crippen LogP contribution >= 0.6 is 0 Å². The summed E-state index contributed by atoms with van der Waals surface area (Å²) >= 11 is 0. The highest BCUT2D eigenvalue weighted by Gasteiger charge is 2.18. The second-order valence-electron chi connectivity index (χ2n) is 5.15. The van der Waals surface area contributed by atoms with Crippen LogP contribution in [-0.2, 0) is 9.59 Å². The normalized spacial score (nSPS) is 13.9. The van der Waals surface area contributed by atoms with Gasteiger partial charge in [-0.3, -0.25) is 14.9 Å². The van der Waals surface area contributed by atoms with Crippen molar-refractivity contribution in [2.24, 2.45) is 0 Å². The topological polar surface area (TPSA) is 87.5 Å². The Morgan fingerprint density at radius 2 is 1.87 bits per heavy atom. The highest BCUT2D eigenvalue weighted by molar-refractivity contribution is 6.43. The van der Waals surface area contributed by atoms with Crippen LogP contribution in [0.4, 0.5) is 21.6 Å². The molecule has 1 fully saturated rings. The molecule has 0 atom stereocenters. The Morgan fingerprint density at radius 1 is 1.13 bits per heavy atom. The third-order valence-electron chi connectivity index (χ3n) is 3.54. The smallest absolute Gasteiger partial charge is 0.315 e. The summed E-state index contributed by atoms with van der Waals surface area (Å²) in [7, 11) is 0. The van der Waals surface area contributed by atoms with Gasteiger partial charge in [-0.25, -0.2) is 4.39 Å². The summed E-state index contributed by atoms with van der Waals surface area (Å²) in [5.74, 6) is -2.13. The van der Waals surface area contributed by atoms with Gasteiger partial charge in [0.1, 0.15) is 12.1 Å². The maximum atomic E-state index is 14.1. The minimum Gasteiger partial charge on any atom is -0.369 e. The molecule has 1 saturated heterocycles. The van der Waals surface area contributed by atoms with E-state index in [1.807, 2.05) is 4.90 Å². The van der Waals surface area contributed by atoms with E-state index in [4.69, 9.17) is 0 Å². The van der Waals surface area contributed by atoms with Crippen LogP contribution in [0.3, 0.4) is 0 Å². The number of aromatic nitrogens is 1. The molecule has 23 heavy (non-hydrogen) atoms. The molecule has 8 heteroatoms. The lowest BCUT2D eigenvalue weighted by Crippen LogP contribution is -2.29. The number of carbonyl (C=O) groups is 2. The molecule has 2 aromatic rings. The van der Waals surface area contributed by atoms with Gasteiger partial charge < -0.3 is 14.7 Å². The number of carbonyl (C=O) groups excluding carboxylic acids is 2. The molecule has 0 spiro atoms. The molecule has 2 amide bonds. The average Bonchev–Trinajstić information content (AvgIpc) is 3.20. The molecule has 0 unspecified atom stereocenters. The van der Waals surface area contributed by atoms with Crippen LogP contribution in [0.1, 0.15) is 12.8 Å². The number of amides is 2. The second-order valence-corrected chi connectivity index (χ2v) is 5.15. The number of hydrogen-bond acceptors (Lipinski definition) is 5. The van der Waals surface area contributed by atoms with E-state index in [1.54, 1.807) is 12.1 Å². The fraction of sp³-hybridized carbons (Fsp3) is 0.267. The third kappa shape index (κ3) is 3.47. The van der Waals surface area contributed by atoms with Crippen LogP contribution in [0.5, 0.6) is 0 Å². The number of nitrogens with one attached hydrogen (secondary N) is 2. The molecule has 7 nitrogen and oxygen atoms in total. The molecule has 0 saturated carbocycles. The van der Waals surface area contributed by atoms with Gasteiger partial charge in [-0.2, -0.15) is 0 Å². The van der Waals surface area contributed by atoms with Gasteiger partial charge in [-0.1, -0.05) is 5.16 Å². The van der Waals surface area contributed by atoms with E-state index in [0.29, 0.717) is 5.69 Å². The Morgan fingerprint density at radius 3 is 2.52 bits per heavy atom. The van der Waals surface area contributed by atoms with Gasteiger partial charge in [0.05, 0.1) is 5.69 Å². The van der Waals surface area contributed by atoms with E-state index in [1.165, 1.54) is 18.4 Å². The molecule has 0 aliphatic carbocycles. The van der Waals surface area contributed by atoms with Crippen LogP contribution in [0.15, 0.2) is 35.1 Å². The number of rotatable bonds is 3. The fourth-order valence-corrected chi connectivity index (χ4v) is 2.44. The molecule has 1 aliphatic rings. The third-order valence-corrected chi connectivity index (χ3v) is 3.54. The van der Waals surface area contributed by atoms with Gasteiger partial charge in [-0.15, -0.1) is 0 Å². The molecular formula is C15H15FN4O3. The van der Waals surface area contributed by atoms with Crippen LogP contribution in [0.25, 0.3) is 0 Å².